The lowest BCUT2D eigenvalue weighted by Gasteiger charge is -2.30. The molecule has 0 amide bonds. The first kappa shape index (κ1) is 14.9. The smallest absolute Gasteiger partial charge is 0.0233 e. The SMILES string of the molecule is NC1CCN(Cc2ccc([C@@H]3C[C@H]3c3ccccc3)cc2)CC1. The Morgan fingerprint density at radius 3 is 2.09 bits per heavy atom. The van der Waals surface area contributed by atoms with Crippen molar-refractivity contribution in [3.8, 4) is 0 Å². The van der Waals surface area contributed by atoms with Gasteiger partial charge in [0.05, 0.1) is 0 Å². The number of nitrogens with zero attached hydrogens (tertiary/aromatic N) is 1. The van der Waals surface area contributed by atoms with Crippen molar-refractivity contribution in [3.63, 3.8) is 0 Å². The summed E-state index contributed by atoms with van der Waals surface area (Å²) < 4.78 is 0. The van der Waals surface area contributed by atoms with Gasteiger partial charge in [0.25, 0.3) is 0 Å². The van der Waals surface area contributed by atoms with E-state index in [9.17, 15) is 0 Å². The second-order valence-electron chi connectivity index (χ2n) is 7.21. The summed E-state index contributed by atoms with van der Waals surface area (Å²) in [5, 5.41) is 0. The van der Waals surface area contributed by atoms with Crippen LogP contribution in [0.1, 0.15) is 47.8 Å². The molecular formula is C21H26N2. The maximum absolute atomic E-state index is 5.98. The number of nitrogens with two attached hydrogens (primary N) is 1. The zero-order valence-electron chi connectivity index (χ0n) is 13.7. The third-order valence-corrected chi connectivity index (χ3v) is 5.46. The summed E-state index contributed by atoms with van der Waals surface area (Å²) in [5.74, 6) is 1.45. The molecule has 0 bridgehead atoms. The van der Waals surface area contributed by atoms with Gasteiger partial charge in [-0.15, -0.1) is 0 Å². The lowest BCUT2D eigenvalue weighted by Crippen LogP contribution is -2.39. The Balaban J connectivity index is 1.36. The van der Waals surface area contributed by atoms with Crippen LogP contribution in [-0.4, -0.2) is 24.0 Å². The van der Waals surface area contributed by atoms with Crippen LogP contribution < -0.4 is 5.73 Å². The van der Waals surface area contributed by atoms with E-state index in [4.69, 9.17) is 5.73 Å². The molecule has 0 spiro atoms. The number of hydrogen-bond acceptors (Lipinski definition) is 2. The van der Waals surface area contributed by atoms with E-state index in [2.05, 4.69) is 59.5 Å². The molecule has 2 aliphatic rings. The highest BCUT2D eigenvalue weighted by Crippen LogP contribution is 2.54. The molecule has 1 aliphatic carbocycles. The Morgan fingerprint density at radius 1 is 0.826 bits per heavy atom. The molecule has 2 nitrogen and oxygen atoms in total. The fourth-order valence-electron chi connectivity index (χ4n) is 3.87. The minimum Gasteiger partial charge on any atom is -0.328 e. The minimum atomic E-state index is 0.415. The van der Waals surface area contributed by atoms with Crippen molar-refractivity contribution in [1.29, 1.82) is 0 Å². The fourth-order valence-corrected chi connectivity index (χ4v) is 3.87. The standard InChI is InChI=1S/C21H26N2/c22-19-10-12-23(13-11-19)15-16-6-8-18(9-7-16)21-14-20(21)17-4-2-1-3-5-17/h1-9,19-21H,10-15,22H2/t20-,21-/m0/s1. The van der Waals surface area contributed by atoms with Crippen LogP contribution in [0, 0.1) is 0 Å². The first-order chi connectivity index (χ1) is 11.3. The van der Waals surface area contributed by atoms with Gasteiger partial charge in [0, 0.05) is 12.6 Å². The summed E-state index contributed by atoms with van der Waals surface area (Å²) in [6, 6.07) is 20.7. The second kappa shape index (κ2) is 6.46. The highest BCUT2D eigenvalue weighted by atomic mass is 15.1. The molecule has 0 radical (unpaired) electrons. The van der Waals surface area contributed by atoms with Crippen molar-refractivity contribution < 1.29 is 0 Å². The molecule has 2 aromatic rings. The van der Waals surface area contributed by atoms with Crippen molar-refractivity contribution in [2.45, 2.75) is 43.7 Å². The van der Waals surface area contributed by atoms with Gasteiger partial charge >= 0.3 is 0 Å². The Morgan fingerprint density at radius 2 is 1.43 bits per heavy atom. The number of rotatable bonds is 4. The van der Waals surface area contributed by atoms with Gasteiger partial charge in [-0.2, -0.15) is 0 Å². The topological polar surface area (TPSA) is 29.3 Å². The van der Waals surface area contributed by atoms with Crippen LogP contribution in [0.15, 0.2) is 54.6 Å². The van der Waals surface area contributed by atoms with Crippen LogP contribution in [0.4, 0.5) is 0 Å². The molecule has 0 aromatic heterocycles. The predicted octanol–water partition coefficient (Wildman–Crippen LogP) is 3.88. The fraction of sp³-hybridized carbons (Fsp3) is 0.429. The number of benzene rings is 2. The molecule has 2 fully saturated rings. The molecular weight excluding hydrogens is 280 g/mol. The Kier molecular flexibility index (Phi) is 4.19. The van der Waals surface area contributed by atoms with Crippen molar-refractivity contribution in [3.05, 3.63) is 71.3 Å². The van der Waals surface area contributed by atoms with E-state index in [0.29, 0.717) is 6.04 Å². The molecule has 1 saturated carbocycles. The molecule has 2 aromatic carbocycles. The monoisotopic (exact) mass is 306 g/mol. The van der Waals surface area contributed by atoms with Crippen LogP contribution in [-0.2, 0) is 6.54 Å². The van der Waals surface area contributed by atoms with Gasteiger partial charge in [-0.05, 0) is 60.9 Å². The van der Waals surface area contributed by atoms with E-state index in [1.807, 2.05) is 0 Å². The maximum atomic E-state index is 5.98. The van der Waals surface area contributed by atoms with Crippen molar-refractivity contribution in [2.24, 2.45) is 5.73 Å². The number of likely N-dealkylation sites (tertiary alicyclic amines) is 1. The quantitative estimate of drug-likeness (QED) is 0.929. The van der Waals surface area contributed by atoms with Gasteiger partial charge in [0.15, 0.2) is 0 Å². The zero-order chi connectivity index (χ0) is 15.6. The third kappa shape index (κ3) is 3.49. The Hall–Kier alpha value is -1.64. The molecule has 120 valence electrons. The highest BCUT2D eigenvalue weighted by molar-refractivity contribution is 5.37. The van der Waals surface area contributed by atoms with Crippen LogP contribution in [0.5, 0.6) is 0 Å². The largest absolute Gasteiger partial charge is 0.328 e. The Labute approximate surface area is 139 Å². The van der Waals surface area contributed by atoms with Crippen LogP contribution >= 0.6 is 0 Å². The summed E-state index contributed by atoms with van der Waals surface area (Å²) in [7, 11) is 0. The molecule has 2 N–H and O–H groups in total. The summed E-state index contributed by atoms with van der Waals surface area (Å²) in [6.45, 7) is 3.35. The second-order valence-corrected chi connectivity index (χ2v) is 7.21. The van der Waals surface area contributed by atoms with E-state index in [0.717, 1.165) is 44.3 Å². The van der Waals surface area contributed by atoms with Crippen LogP contribution in [0.2, 0.25) is 0 Å². The maximum Gasteiger partial charge on any atom is 0.0233 e. The lowest BCUT2D eigenvalue weighted by molar-refractivity contribution is 0.205. The van der Waals surface area contributed by atoms with Crippen LogP contribution in [0.25, 0.3) is 0 Å². The number of hydrogen-bond donors (Lipinski definition) is 1. The van der Waals surface area contributed by atoms with Crippen LogP contribution in [0.3, 0.4) is 0 Å². The van der Waals surface area contributed by atoms with E-state index in [1.54, 1.807) is 0 Å². The summed E-state index contributed by atoms with van der Waals surface area (Å²) in [5.41, 5.74) is 10.4. The Bertz CT molecular complexity index is 627. The average molecular weight is 306 g/mol. The van der Waals surface area contributed by atoms with E-state index in [-0.39, 0.29) is 0 Å². The lowest BCUT2D eigenvalue weighted by atomic mass is 10.0. The molecule has 1 heterocycles. The third-order valence-electron chi connectivity index (χ3n) is 5.46. The van der Waals surface area contributed by atoms with Gasteiger partial charge < -0.3 is 5.73 Å². The molecule has 4 rings (SSSR count). The average Bonchev–Trinajstić information content (AvgIpc) is 3.39. The summed E-state index contributed by atoms with van der Waals surface area (Å²) in [4.78, 5) is 2.53. The van der Waals surface area contributed by atoms with Crippen molar-refractivity contribution in [1.82, 2.24) is 4.90 Å². The van der Waals surface area contributed by atoms with E-state index >= 15 is 0 Å². The highest BCUT2D eigenvalue weighted by Gasteiger charge is 2.39. The summed E-state index contributed by atoms with van der Waals surface area (Å²) in [6.07, 6.45) is 3.57. The number of piperidine rings is 1. The van der Waals surface area contributed by atoms with Crippen molar-refractivity contribution in [2.75, 3.05) is 13.1 Å². The molecule has 1 saturated heterocycles. The van der Waals surface area contributed by atoms with Gasteiger partial charge in [-0.1, -0.05) is 54.6 Å². The van der Waals surface area contributed by atoms with Gasteiger partial charge in [0.2, 0.25) is 0 Å². The first-order valence-electron chi connectivity index (χ1n) is 8.91. The van der Waals surface area contributed by atoms with Crippen molar-refractivity contribution >= 4 is 0 Å². The van der Waals surface area contributed by atoms with Gasteiger partial charge in [-0.25, -0.2) is 0 Å². The molecule has 2 atom stereocenters. The minimum absolute atomic E-state index is 0.415. The zero-order valence-corrected chi connectivity index (χ0v) is 13.7. The predicted molar refractivity (Wildman–Crippen MR) is 95.5 cm³/mol. The molecule has 0 unspecified atom stereocenters. The van der Waals surface area contributed by atoms with E-state index < -0.39 is 0 Å². The van der Waals surface area contributed by atoms with Gasteiger partial charge in [0.1, 0.15) is 0 Å². The van der Waals surface area contributed by atoms with Gasteiger partial charge in [-0.3, -0.25) is 4.90 Å². The normalized spacial score (nSPS) is 25.4. The molecule has 2 heteroatoms. The molecule has 1 aliphatic heterocycles. The first-order valence-corrected chi connectivity index (χ1v) is 8.91. The summed E-state index contributed by atoms with van der Waals surface area (Å²) >= 11 is 0. The van der Waals surface area contributed by atoms with E-state index in [1.165, 1.54) is 23.1 Å². The molecule has 23 heavy (non-hydrogen) atoms.